The van der Waals surface area contributed by atoms with Gasteiger partial charge >= 0.3 is 0 Å². The molecule has 3 nitrogen and oxygen atoms in total. The van der Waals surface area contributed by atoms with Gasteiger partial charge in [0.25, 0.3) is 0 Å². The fourth-order valence-electron chi connectivity index (χ4n) is 1.51. The first-order valence-electron chi connectivity index (χ1n) is 5.33. The monoisotopic (exact) mass is 248 g/mol. The first-order chi connectivity index (χ1) is 8.27. The van der Waals surface area contributed by atoms with Crippen LogP contribution < -0.4 is 10.5 Å². The third-order valence-corrected chi connectivity index (χ3v) is 2.70. The highest BCUT2D eigenvalue weighted by Crippen LogP contribution is 2.22. The molecule has 0 aliphatic heterocycles. The van der Waals surface area contributed by atoms with Gasteiger partial charge in [0.05, 0.1) is 6.61 Å². The summed E-state index contributed by atoms with van der Waals surface area (Å²) in [6.07, 6.45) is 3.97. The third kappa shape index (κ3) is 3.11. The Kier molecular flexibility index (Phi) is 3.83. The minimum absolute atomic E-state index is 0.522. The lowest BCUT2D eigenvalue weighted by Crippen LogP contribution is -2.04. The maximum Gasteiger partial charge on any atom is 0.141 e. The Morgan fingerprint density at radius 1 is 1.24 bits per heavy atom. The summed E-state index contributed by atoms with van der Waals surface area (Å²) in [5, 5.41) is 0.522. The first kappa shape index (κ1) is 11.7. The fraction of sp³-hybridized carbons (Fsp3) is 0.154. The lowest BCUT2D eigenvalue weighted by atomic mass is 10.1. The van der Waals surface area contributed by atoms with Crippen molar-refractivity contribution in [2.75, 3.05) is 12.3 Å². The van der Waals surface area contributed by atoms with Crippen LogP contribution in [0.15, 0.2) is 42.7 Å². The van der Waals surface area contributed by atoms with Crippen LogP contribution in [0.1, 0.15) is 5.56 Å². The Morgan fingerprint density at radius 2 is 2.06 bits per heavy atom. The van der Waals surface area contributed by atoms with Crippen molar-refractivity contribution in [2.24, 2.45) is 0 Å². The van der Waals surface area contributed by atoms with Crippen molar-refractivity contribution in [3.63, 3.8) is 0 Å². The summed E-state index contributed by atoms with van der Waals surface area (Å²) < 4.78 is 5.57. The predicted molar refractivity (Wildman–Crippen MR) is 69.3 cm³/mol. The topological polar surface area (TPSA) is 48.1 Å². The van der Waals surface area contributed by atoms with Crippen molar-refractivity contribution in [2.45, 2.75) is 6.42 Å². The van der Waals surface area contributed by atoms with Crippen molar-refractivity contribution < 1.29 is 4.74 Å². The average molecular weight is 249 g/mol. The number of nitrogens with zero attached hydrogens (tertiary/aromatic N) is 1. The highest BCUT2D eigenvalue weighted by molar-refractivity contribution is 6.31. The summed E-state index contributed by atoms with van der Waals surface area (Å²) >= 11 is 5.93. The number of hydrogen-bond acceptors (Lipinski definition) is 3. The van der Waals surface area contributed by atoms with E-state index in [1.54, 1.807) is 18.5 Å². The molecule has 0 unspecified atom stereocenters. The molecule has 2 aromatic rings. The van der Waals surface area contributed by atoms with E-state index in [0.29, 0.717) is 17.4 Å². The number of ether oxygens (including phenoxy) is 1. The van der Waals surface area contributed by atoms with Gasteiger partial charge in [-0.15, -0.1) is 0 Å². The number of benzene rings is 1. The van der Waals surface area contributed by atoms with Crippen molar-refractivity contribution in [1.29, 1.82) is 0 Å². The molecule has 0 aliphatic rings. The van der Waals surface area contributed by atoms with E-state index >= 15 is 0 Å². The van der Waals surface area contributed by atoms with Crippen LogP contribution in [0.2, 0.25) is 5.02 Å². The summed E-state index contributed by atoms with van der Waals surface area (Å²) in [6, 6.07) is 9.50. The second-order valence-corrected chi connectivity index (χ2v) is 4.01. The Morgan fingerprint density at radius 3 is 2.82 bits per heavy atom. The number of halogens is 1. The van der Waals surface area contributed by atoms with E-state index in [9.17, 15) is 0 Å². The van der Waals surface area contributed by atoms with Crippen molar-refractivity contribution in [1.82, 2.24) is 4.98 Å². The molecule has 0 aliphatic carbocycles. The van der Waals surface area contributed by atoms with Gasteiger partial charge in [0.1, 0.15) is 10.8 Å². The fourth-order valence-corrected chi connectivity index (χ4v) is 1.69. The van der Waals surface area contributed by atoms with E-state index in [-0.39, 0.29) is 0 Å². The number of anilines is 1. The molecule has 88 valence electrons. The molecule has 4 heteroatoms. The Labute approximate surface area is 105 Å². The van der Waals surface area contributed by atoms with E-state index in [0.717, 1.165) is 17.7 Å². The molecular formula is C13H13ClN2O. The lowest BCUT2D eigenvalue weighted by molar-refractivity contribution is 0.322. The highest BCUT2D eigenvalue weighted by Gasteiger charge is 2.02. The van der Waals surface area contributed by atoms with Crippen molar-refractivity contribution in [3.05, 3.63) is 53.3 Å². The molecule has 0 amide bonds. The molecule has 0 saturated carbocycles. The van der Waals surface area contributed by atoms with Gasteiger partial charge in [0, 0.05) is 30.6 Å². The van der Waals surface area contributed by atoms with E-state index < -0.39 is 0 Å². The minimum Gasteiger partial charge on any atom is -0.492 e. The van der Waals surface area contributed by atoms with Crippen LogP contribution in [0, 0.1) is 0 Å². The smallest absolute Gasteiger partial charge is 0.141 e. The highest BCUT2D eigenvalue weighted by atomic mass is 35.5. The maximum atomic E-state index is 5.93. The average Bonchev–Trinajstić information content (AvgIpc) is 2.34. The first-order valence-corrected chi connectivity index (χ1v) is 5.71. The second kappa shape index (κ2) is 5.55. The van der Waals surface area contributed by atoms with Crippen LogP contribution in [-0.2, 0) is 6.42 Å². The van der Waals surface area contributed by atoms with Crippen LogP contribution in [0.3, 0.4) is 0 Å². The van der Waals surface area contributed by atoms with Gasteiger partial charge in [0.15, 0.2) is 0 Å². The molecule has 2 rings (SSSR count). The molecule has 2 N–H and O–H groups in total. The van der Waals surface area contributed by atoms with Gasteiger partial charge in [-0.05, 0) is 11.6 Å². The molecule has 0 atom stereocenters. The summed E-state index contributed by atoms with van der Waals surface area (Å²) in [7, 11) is 0. The van der Waals surface area contributed by atoms with Gasteiger partial charge in [-0.3, -0.25) is 4.98 Å². The number of rotatable bonds is 4. The summed E-state index contributed by atoms with van der Waals surface area (Å²) in [6.45, 7) is 0.540. The Hall–Kier alpha value is -1.74. The third-order valence-electron chi connectivity index (χ3n) is 2.42. The van der Waals surface area contributed by atoms with Gasteiger partial charge in [-0.25, -0.2) is 0 Å². The van der Waals surface area contributed by atoms with Crippen molar-refractivity contribution >= 4 is 17.3 Å². The molecule has 0 spiro atoms. The summed E-state index contributed by atoms with van der Waals surface area (Å²) in [5.41, 5.74) is 7.71. The quantitative estimate of drug-likeness (QED) is 0.847. The zero-order valence-corrected chi connectivity index (χ0v) is 10.0. The van der Waals surface area contributed by atoms with Gasteiger partial charge in [-0.2, -0.15) is 0 Å². The molecule has 0 radical (unpaired) electrons. The van der Waals surface area contributed by atoms with Crippen LogP contribution in [0.25, 0.3) is 0 Å². The van der Waals surface area contributed by atoms with E-state index in [1.165, 1.54) is 0 Å². The molecule has 0 bridgehead atoms. The van der Waals surface area contributed by atoms with Crippen LogP contribution in [0.5, 0.6) is 5.75 Å². The van der Waals surface area contributed by atoms with Gasteiger partial charge in [-0.1, -0.05) is 29.8 Å². The summed E-state index contributed by atoms with van der Waals surface area (Å²) in [4.78, 5) is 3.89. The number of para-hydroxylation sites is 1. The zero-order valence-electron chi connectivity index (χ0n) is 9.27. The molecule has 1 aromatic heterocycles. The van der Waals surface area contributed by atoms with Gasteiger partial charge in [0.2, 0.25) is 0 Å². The Bertz CT molecular complexity index is 457. The van der Waals surface area contributed by atoms with E-state index in [4.69, 9.17) is 22.1 Å². The van der Waals surface area contributed by atoms with Crippen molar-refractivity contribution in [3.8, 4) is 5.75 Å². The molecule has 0 saturated heterocycles. The molecule has 17 heavy (non-hydrogen) atoms. The number of nitrogen functional groups attached to an aromatic ring is 1. The molecule has 0 fully saturated rings. The number of nitrogens with two attached hydrogens (primary N) is 1. The normalized spacial score (nSPS) is 10.2. The van der Waals surface area contributed by atoms with Gasteiger partial charge < -0.3 is 10.5 Å². The largest absolute Gasteiger partial charge is 0.492 e. The van der Waals surface area contributed by atoms with Crippen LogP contribution in [0.4, 0.5) is 5.69 Å². The Balaban J connectivity index is 1.93. The molecular weight excluding hydrogens is 236 g/mol. The molecule has 1 aromatic carbocycles. The summed E-state index contributed by atoms with van der Waals surface area (Å²) in [5.74, 6) is 0.649. The van der Waals surface area contributed by atoms with Crippen LogP contribution >= 0.6 is 11.6 Å². The SMILES string of the molecule is Nc1ccccc1CCOc1ccncc1Cl. The predicted octanol–water partition coefficient (Wildman–Crippen LogP) is 2.94. The number of hydrogen-bond donors (Lipinski definition) is 1. The minimum atomic E-state index is 0.522. The maximum absolute atomic E-state index is 5.93. The lowest BCUT2D eigenvalue weighted by Gasteiger charge is -2.08. The zero-order chi connectivity index (χ0) is 12.1. The van der Waals surface area contributed by atoms with Crippen LogP contribution in [-0.4, -0.2) is 11.6 Å². The van der Waals surface area contributed by atoms with E-state index in [2.05, 4.69) is 4.98 Å². The van der Waals surface area contributed by atoms with E-state index in [1.807, 2.05) is 24.3 Å². The molecule has 1 heterocycles. The standard InChI is InChI=1S/C13H13ClN2O/c14-11-9-16-7-5-13(11)17-8-6-10-3-1-2-4-12(10)15/h1-5,7,9H,6,8,15H2. The number of pyridine rings is 1. The number of aromatic nitrogens is 1. The second-order valence-electron chi connectivity index (χ2n) is 3.60.